The standard InChI is InChI=1S/C17H21BrO2.C17H21BrO.C10H14O.C7H6Br2O.C6H16Si.C4H8O.CH2Cl2/c1-20-13-7-11(6-12(18)8-13)17(19)9-10-5-16(17)15-4-2-3-14(10)15;1-19-13-6-10(5-12(18)9-13)16-7-11-8-17(16)15-4-2-3-14(11)15;11-10-5-6-4-9(10)8-3-1-2-7(6)8;1-10-7-3-5(8)2-6(9)4-7;1-4-7(5-2)6-3;1-2-4-5-3-1;2-1-3/h6-8,10,14-16,19H,2-5,9H2,1H3;5-6,9,11,14-17H,2-4,7-8H2,1H3;6-9H,1-5H2;2-4H,1H3;7H,4-6H2,1-3H3;1-4H2;1H2. The van der Waals surface area contributed by atoms with E-state index in [0.717, 1.165) is 132 Å². The number of benzene rings is 3. The molecule has 1 N–H and O–H groups in total. The Balaban J connectivity index is 0.000000137. The van der Waals surface area contributed by atoms with Crippen molar-refractivity contribution in [2.24, 2.45) is 71.0 Å². The van der Waals surface area contributed by atoms with Crippen molar-refractivity contribution in [1.29, 1.82) is 0 Å². The van der Waals surface area contributed by atoms with Crippen molar-refractivity contribution in [1.82, 2.24) is 0 Å². The van der Waals surface area contributed by atoms with Gasteiger partial charge in [-0.1, -0.05) is 122 Å². The van der Waals surface area contributed by atoms with Gasteiger partial charge in [0.15, 0.2) is 0 Å². The van der Waals surface area contributed by atoms with Crippen molar-refractivity contribution < 1.29 is 28.8 Å². The molecule has 1 aliphatic heterocycles. The second-order valence-electron chi connectivity index (χ2n) is 23.4. The minimum absolute atomic E-state index is 0.171. The minimum atomic E-state index is -0.632. The van der Waals surface area contributed by atoms with Crippen molar-refractivity contribution in [3.8, 4) is 17.2 Å². The summed E-state index contributed by atoms with van der Waals surface area (Å²) >= 11 is 23.4. The number of carbonyl (C=O) groups is 1. The summed E-state index contributed by atoms with van der Waals surface area (Å²) < 4.78 is 24.9. The number of Topliss-reactive ketones (excluding diaryl/α,β-unsaturated/α-hetero) is 1. The molecular formula is C62H88Br4Cl2O6Si. The summed E-state index contributed by atoms with van der Waals surface area (Å²) in [5.74, 6) is 14.1. The molecule has 0 amide bonds. The molecule has 0 aromatic heterocycles. The fourth-order valence-corrected chi connectivity index (χ4v) is 20.5. The normalized spacial score (nSPS) is 33.1. The lowest BCUT2D eigenvalue weighted by Gasteiger charge is -2.39. The molecule has 75 heavy (non-hydrogen) atoms. The van der Waals surface area contributed by atoms with Crippen LogP contribution < -0.4 is 14.2 Å². The maximum absolute atomic E-state index is 11.4. The number of hydrogen-bond donors (Lipinski definition) is 1. The lowest BCUT2D eigenvalue weighted by molar-refractivity contribution is -0.123. The van der Waals surface area contributed by atoms with Crippen LogP contribution in [0.4, 0.5) is 0 Å². The van der Waals surface area contributed by atoms with E-state index in [1.807, 2.05) is 30.3 Å². The second kappa shape index (κ2) is 29.9. The molecule has 14 atom stereocenters. The first-order valence-corrected chi connectivity index (χ1v) is 35.6. The van der Waals surface area contributed by atoms with Gasteiger partial charge in [0.05, 0.1) is 32.3 Å². The van der Waals surface area contributed by atoms with Gasteiger partial charge in [-0.3, -0.25) is 4.79 Å². The summed E-state index contributed by atoms with van der Waals surface area (Å²) in [5.41, 5.74) is 1.92. The second-order valence-corrected chi connectivity index (χ2v) is 32.1. The predicted octanol–water partition coefficient (Wildman–Crippen LogP) is 18.8. The van der Waals surface area contributed by atoms with Crippen molar-refractivity contribution in [2.75, 3.05) is 39.9 Å². The van der Waals surface area contributed by atoms with E-state index < -0.39 is 5.60 Å². The molecule has 0 radical (unpaired) electrons. The van der Waals surface area contributed by atoms with Crippen LogP contribution in [-0.4, -0.2) is 59.6 Å². The van der Waals surface area contributed by atoms with E-state index in [-0.39, 0.29) is 14.1 Å². The maximum Gasteiger partial charge on any atom is 0.136 e. The highest BCUT2D eigenvalue weighted by atomic mass is 79.9. The van der Waals surface area contributed by atoms with Gasteiger partial charge < -0.3 is 24.1 Å². The number of aliphatic hydroxyl groups is 1. The van der Waals surface area contributed by atoms with E-state index in [9.17, 15) is 9.90 Å². The highest BCUT2D eigenvalue weighted by Crippen LogP contribution is 2.66. The molecule has 10 aliphatic rings. The number of carbonyl (C=O) groups excluding carboxylic acids is 1. The highest BCUT2D eigenvalue weighted by Gasteiger charge is 2.61. The van der Waals surface area contributed by atoms with Gasteiger partial charge in [0, 0.05) is 52.2 Å². The van der Waals surface area contributed by atoms with Crippen LogP contribution in [0.2, 0.25) is 18.1 Å². The Morgan fingerprint density at radius 2 is 1.04 bits per heavy atom. The largest absolute Gasteiger partial charge is 0.497 e. The number of alkyl halides is 2. The molecule has 3 aromatic carbocycles. The van der Waals surface area contributed by atoms with E-state index in [2.05, 4.69) is 109 Å². The molecule has 14 unspecified atom stereocenters. The summed E-state index contributed by atoms with van der Waals surface area (Å²) in [7, 11) is 4.92. The zero-order chi connectivity index (χ0) is 53.8. The monoisotopic (exact) mass is 1340 g/mol. The van der Waals surface area contributed by atoms with Gasteiger partial charge in [0.25, 0.3) is 0 Å². The number of methoxy groups -OCH3 is 3. The summed E-state index contributed by atoms with van der Waals surface area (Å²) in [6, 6.07) is 23.0. The zero-order valence-corrected chi connectivity index (χ0v) is 54.8. The smallest absolute Gasteiger partial charge is 0.136 e. The fourth-order valence-electron chi connectivity index (χ4n) is 16.6. The number of ketones is 1. The molecule has 13 heteroatoms. The molecule has 418 valence electrons. The van der Waals surface area contributed by atoms with Gasteiger partial charge >= 0.3 is 0 Å². The van der Waals surface area contributed by atoms with Crippen LogP contribution in [0.3, 0.4) is 0 Å². The van der Waals surface area contributed by atoms with Crippen LogP contribution in [0, 0.1) is 71.0 Å². The van der Waals surface area contributed by atoms with E-state index in [4.69, 9.17) is 42.1 Å². The summed E-state index contributed by atoms with van der Waals surface area (Å²) in [4.78, 5) is 11.4. The quantitative estimate of drug-likeness (QED) is 0.179. The Bertz CT molecular complexity index is 2230. The summed E-state index contributed by atoms with van der Waals surface area (Å²) in [6.45, 7) is 8.97. The van der Waals surface area contributed by atoms with Crippen LogP contribution in [-0.2, 0) is 15.1 Å². The van der Waals surface area contributed by atoms with Gasteiger partial charge in [-0.05, 0) is 220 Å². The molecule has 0 spiro atoms. The Kier molecular flexibility index (Phi) is 24.7. The SMILES string of the molecule is C1CCOC1.CC[SiH](CC)CC.COc1cc(Br)cc(Br)c1.COc1cc(Br)cc(C2(O)CC3CC2C2CCCC32)c1.COc1cc(Br)cc(C2CC3CC2C2CCCC32)c1.ClCCl.O=C1CC2CC1C1CCCC21. The highest BCUT2D eigenvalue weighted by molar-refractivity contribution is 9.11. The molecule has 13 rings (SSSR count). The van der Waals surface area contributed by atoms with Crippen molar-refractivity contribution >= 4 is 102 Å². The van der Waals surface area contributed by atoms with Crippen LogP contribution >= 0.6 is 86.9 Å². The third kappa shape index (κ3) is 15.5. The Morgan fingerprint density at radius 3 is 1.59 bits per heavy atom. The average molecular weight is 1350 g/mol. The fraction of sp³-hybridized carbons (Fsp3) is 0.694. The van der Waals surface area contributed by atoms with E-state index >= 15 is 0 Å². The van der Waals surface area contributed by atoms with Crippen LogP contribution in [0.15, 0.2) is 72.5 Å². The number of rotatable bonds is 8. The third-order valence-corrected chi connectivity index (χ3v) is 25.2. The molecule has 9 saturated carbocycles. The molecule has 10 fully saturated rings. The average Bonchev–Trinajstić information content (AvgIpc) is 4.27. The van der Waals surface area contributed by atoms with Crippen molar-refractivity contribution in [3.05, 3.63) is 83.6 Å². The Labute approximate surface area is 497 Å². The molecule has 1 heterocycles. The van der Waals surface area contributed by atoms with Crippen LogP contribution in [0.25, 0.3) is 0 Å². The first-order valence-electron chi connectivity index (χ1n) is 28.9. The van der Waals surface area contributed by atoms with E-state index in [1.54, 1.807) is 21.3 Å². The van der Waals surface area contributed by atoms with Gasteiger partial charge in [-0.2, -0.15) is 0 Å². The molecule has 9 aliphatic carbocycles. The predicted molar refractivity (Wildman–Crippen MR) is 328 cm³/mol. The molecule has 6 bridgehead atoms. The lowest BCUT2D eigenvalue weighted by Crippen LogP contribution is -2.38. The van der Waals surface area contributed by atoms with E-state index in [0.29, 0.717) is 17.6 Å². The molecule has 1 saturated heterocycles. The Hall–Kier alpha value is -0.633. The van der Waals surface area contributed by atoms with Crippen molar-refractivity contribution in [2.45, 2.75) is 160 Å². The molecule has 6 nitrogen and oxygen atoms in total. The van der Waals surface area contributed by atoms with Gasteiger partial charge in [0.1, 0.15) is 23.0 Å². The van der Waals surface area contributed by atoms with E-state index in [1.165, 1.54) is 120 Å². The van der Waals surface area contributed by atoms with Gasteiger partial charge in [-0.15, -0.1) is 23.2 Å². The molecule has 3 aromatic rings. The minimum Gasteiger partial charge on any atom is -0.497 e. The summed E-state index contributed by atoms with van der Waals surface area (Å²) in [5, 5.41) is 11.6. The van der Waals surface area contributed by atoms with Gasteiger partial charge in [-0.25, -0.2) is 0 Å². The first-order chi connectivity index (χ1) is 36.2. The number of hydrogen-bond acceptors (Lipinski definition) is 6. The zero-order valence-electron chi connectivity index (χ0n) is 45.8. The lowest BCUT2D eigenvalue weighted by atomic mass is 9.70. The number of ether oxygens (including phenoxy) is 4. The first kappa shape index (κ1) is 62.0. The van der Waals surface area contributed by atoms with Crippen LogP contribution in [0.5, 0.6) is 17.2 Å². The number of fused-ring (bicyclic) bond motifs is 15. The number of halogens is 6. The summed E-state index contributed by atoms with van der Waals surface area (Å²) in [6.07, 6.45) is 22.6. The maximum atomic E-state index is 11.4. The van der Waals surface area contributed by atoms with Gasteiger partial charge in [0.2, 0.25) is 0 Å². The Morgan fingerprint density at radius 1 is 0.560 bits per heavy atom. The molecular weight excluding hydrogens is 1260 g/mol. The van der Waals surface area contributed by atoms with Crippen LogP contribution in [0.1, 0.15) is 147 Å². The third-order valence-electron chi connectivity index (χ3n) is 19.9. The topological polar surface area (TPSA) is 74.2 Å². The van der Waals surface area contributed by atoms with Crippen molar-refractivity contribution in [3.63, 3.8) is 0 Å².